The number of amides is 1. The Morgan fingerprint density at radius 3 is 2.19 bits per heavy atom. The van der Waals surface area contributed by atoms with E-state index in [1.807, 2.05) is 13.8 Å². The molecule has 2 unspecified atom stereocenters. The lowest BCUT2D eigenvalue weighted by Crippen LogP contribution is -2.66. The first kappa shape index (κ1) is 11.9. The van der Waals surface area contributed by atoms with Gasteiger partial charge in [-0.1, -0.05) is 6.42 Å². The summed E-state index contributed by atoms with van der Waals surface area (Å²) in [4.78, 5) is 13.9. The summed E-state index contributed by atoms with van der Waals surface area (Å²) in [5.41, 5.74) is 11.1. The molecular formula is C12H23N3O. The van der Waals surface area contributed by atoms with E-state index in [0.29, 0.717) is 18.1 Å². The second-order valence-electron chi connectivity index (χ2n) is 5.80. The van der Waals surface area contributed by atoms with Gasteiger partial charge in [0.1, 0.15) is 0 Å². The maximum atomic E-state index is 11.6. The van der Waals surface area contributed by atoms with Crippen LogP contribution in [0.1, 0.15) is 46.0 Å². The van der Waals surface area contributed by atoms with Crippen LogP contribution in [0.3, 0.4) is 0 Å². The molecule has 0 saturated carbocycles. The van der Waals surface area contributed by atoms with Gasteiger partial charge < -0.3 is 11.5 Å². The summed E-state index contributed by atoms with van der Waals surface area (Å²) in [7, 11) is 0. The number of piperidine rings is 2. The molecule has 2 aliphatic heterocycles. The number of nitrogens with zero attached hydrogens (tertiary/aromatic N) is 1. The molecule has 2 aliphatic rings. The molecule has 4 nitrogen and oxygen atoms in total. The van der Waals surface area contributed by atoms with Crippen molar-refractivity contribution in [1.29, 1.82) is 0 Å². The Hall–Kier alpha value is -0.610. The van der Waals surface area contributed by atoms with E-state index in [9.17, 15) is 4.79 Å². The molecule has 2 saturated heterocycles. The monoisotopic (exact) mass is 225 g/mol. The first-order chi connectivity index (χ1) is 7.43. The molecule has 0 aliphatic carbocycles. The number of hydrogen-bond acceptors (Lipinski definition) is 3. The van der Waals surface area contributed by atoms with Gasteiger partial charge in [-0.05, 0) is 39.5 Å². The van der Waals surface area contributed by atoms with Crippen LogP contribution >= 0.6 is 0 Å². The molecule has 2 atom stereocenters. The molecule has 0 radical (unpaired) electrons. The molecule has 2 rings (SSSR count). The maximum absolute atomic E-state index is 11.6. The number of hydrogen-bond donors (Lipinski definition) is 2. The smallest absolute Gasteiger partial charge is 0.237 e. The first-order valence-electron chi connectivity index (χ1n) is 6.27. The lowest BCUT2D eigenvalue weighted by molar-refractivity contribution is -0.136. The van der Waals surface area contributed by atoms with Crippen LogP contribution in [0, 0.1) is 0 Å². The van der Waals surface area contributed by atoms with Gasteiger partial charge in [0, 0.05) is 18.1 Å². The Kier molecular flexibility index (Phi) is 2.97. The summed E-state index contributed by atoms with van der Waals surface area (Å²) in [5, 5.41) is 0. The molecule has 4 N–H and O–H groups in total. The molecule has 4 heteroatoms. The third kappa shape index (κ3) is 1.84. The van der Waals surface area contributed by atoms with Crippen molar-refractivity contribution in [3.8, 4) is 0 Å². The van der Waals surface area contributed by atoms with Gasteiger partial charge in [0.25, 0.3) is 0 Å². The minimum atomic E-state index is -0.532. The molecule has 0 aromatic rings. The van der Waals surface area contributed by atoms with Crippen molar-refractivity contribution < 1.29 is 4.79 Å². The second kappa shape index (κ2) is 4.00. The van der Waals surface area contributed by atoms with Crippen LogP contribution < -0.4 is 11.5 Å². The highest BCUT2D eigenvalue weighted by Gasteiger charge is 2.46. The van der Waals surface area contributed by atoms with Crippen LogP contribution in [0.5, 0.6) is 0 Å². The fraction of sp³-hybridized carbons (Fsp3) is 0.917. The van der Waals surface area contributed by atoms with Crippen LogP contribution in [0.2, 0.25) is 0 Å². The average Bonchev–Trinajstić information content (AvgIpc) is 2.15. The third-order valence-electron chi connectivity index (χ3n) is 4.26. The third-order valence-corrected chi connectivity index (χ3v) is 4.26. The molecule has 2 fully saturated rings. The van der Waals surface area contributed by atoms with Gasteiger partial charge in [-0.3, -0.25) is 9.69 Å². The predicted octanol–water partition coefficient (Wildman–Crippen LogP) is 0.595. The van der Waals surface area contributed by atoms with Crippen molar-refractivity contribution in [2.75, 3.05) is 0 Å². The molecule has 0 spiro atoms. The van der Waals surface area contributed by atoms with Gasteiger partial charge in [-0.2, -0.15) is 0 Å². The first-order valence-corrected chi connectivity index (χ1v) is 6.27. The number of carbonyl (C=O) groups is 1. The van der Waals surface area contributed by atoms with E-state index in [2.05, 4.69) is 4.90 Å². The summed E-state index contributed by atoms with van der Waals surface area (Å²) in [6, 6.07) is 1.20. The molecule has 2 heterocycles. The predicted molar refractivity (Wildman–Crippen MR) is 63.7 cm³/mol. The zero-order valence-corrected chi connectivity index (χ0v) is 10.3. The largest absolute Gasteiger partial charge is 0.368 e. The Labute approximate surface area is 97.3 Å². The molecule has 92 valence electrons. The van der Waals surface area contributed by atoms with Crippen LogP contribution in [-0.4, -0.2) is 34.5 Å². The van der Waals surface area contributed by atoms with Crippen LogP contribution in [0.25, 0.3) is 0 Å². The van der Waals surface area contributed by atoms with E-state index in [4.69, 9.17) is 11.5 Å². The van der Waals surface area contributed by atoms with Gasteiger partial charge in [0.05, 0.1) is 5.54 Å². The van der Waals surface area contributed by atoms with E-state index < -0.39 is 5.54 Å². The molecule has 0 aromatic heterocycles. The quantitative estimate of drug-likeness (QED) is 0.722. The molecule has 1 amide bonds. The SMILES string of the molecule is CC(C)(C(N)=O)N1C2CCCC1CC(N)C2. The van der Waals surface area contributed by atoms with Crippen LogP contribution in [-0.2, 0) is 4.79 Å². The number of fused-ring (bicyclic) bond motifs is 2. The van der Waals surface area contributed by atoms with E-state index >= 15 is 0 Å². The second-order valence-corrected chi connectivity index (χ2v) is 5.80. The Balaban J connectivity index is 2.24. The van der Waals surface area contributed by atoms with E-state index in [-0.39, 0.29) is 5.91 Å². The van der Waals surface area contributed by atoms with Crippen molar-refractivity contribution in [1.82, 2.24) is 4.90 Å². The number of primary amides is 1. The van der Waals surface area contributed by atoms with Crippen molar-refractivity contribution in [2.24, 2.45) is 11.5 Å². The Bertz CT molecular complexity index is 276. The summed E-state index contributed by atoms with van der Waals surface area (Å²) in [5.74, 6) is -0.222. The summed E-state index contributed by atoms with van der Waals surface area (Å²) < 4.78 is 0. The lowest BCUT2D eigenvalue weighted by atomic mass is 9.78. The molecule has 0 aromatic carbocycles. The topological polar surface area (TPSA) is 72.4 Å². The highest BCUT2D eigenvalue weighted by Crippen LogP contribution is 2.38. The summed E-state index contributed by atoms with van der Waals surface area (Å²) in [6.45, 7) is 3.88. The van der Waals surface area contributed by atoms with E-state index in [0.717, 1.165) is 25.7 Å². The van der Waals surface area contributed by atoms with Gasteiger partial charge in [0.2, 0.25) is 5.91 Å². The normalized spacial score (nSPS) is 36.1. The van der Waals surface area contributed by atoms with E-state index in [1.54, 1.807) is 0 Å². The molecular weight excluding hydrogens is 202 g/mol. The highest BCUT2D eigenvalue weighted by molar-refractivity contribution is 5.83. The minimum Gasteiger partial charge on any atom is -0.368 e. The minimum absolute atomic E-state index is 0.222. The highest BCUT2D eigenvalue weighted by atomic mass is 16.1. The number of rotatable bonds is 2. The van der Waals surface area contributed by atoms with Gasteiger partial charge in [-0.15, -0.1) is 0 Å². The van der Waals surface area contributed by atoms with Crippen LogP contribution in [0.4, 0.5) is 0 Å². The molecule has 2 bridgehead atoms. The van der Waals surface area contributed by atoms with Gasteiger partial charge in [0.15, 0.2) is 0 Å². The summed E-state index contributed by atoms with van der Waals surface area (Å²) in [6.07, 6.45) is 5.58. The fourth-order valence-electron chi connectivity index (χ4n) is 3.46. The average molecular weight is 225 g/mol. The lowest BCUT2D eigenvalue weighted by Gasteiger charge is -2.54. The zero-order valence-electron chi connectivity index (χ0n) is 10.3. The van der Waals surface area contributed by atoms with Crippen molar-refractivity contribution in [2.45, 2.75) is 69.6 Å². The van der Waals surface area contributed by atoms with Crippen molar-refractivity contribution in [3.63, 3.8) is 0 Å². The maximum Gasteiger partial charge on any atom is 0.237 e. The van der Waals surface area contributed by atoms with Gasteiger partial charge in [-0.25, -0.2) is 0 Å². The fourth-order valence-corrected chi connectivity index (χ4v) is 3.46. The Morgan fingerprint density at radius 2 is 1.75 bits per heavy atom. The van der Waals surface area contributed by atoms with Crippen LogP contribution in [0.15, 0.2) is 0 Å². The summed E-state index contributed by atoms with van der Waals surface area (Å²) >= 11 is 0. The number of carbonyl (C=O) groups excluding carboxylic acids is 1. The van der Waals surface area contributed by atoms with Crippen molar-refractivity contribution >= 4 is 5.91 Å². The number of nitrogens with two attached hydrogens (primary N) is 2. The van der Waals surface area contributed by atoms with E-state index in [1.165, 1.54) is 6.42 Å². The van der Waals surface area contributed by atoms with Gasteiger partial charge >= 0.3 is 0 Å². The van der Waals surface area contributed by atoms with Crippen molar-refractivity contribution in [3.05, 3.63) is 0 Å². The zero-order chi connectivity index (χ0) is 11.9. The standard InChI is InChI=1S/C12H23N3O/c1-12(2,11(14)16)15-9-4-3-5-10(15)7-8(13)6-9/h8-10H,3-7,13H2,1-2H3,(H2,14,16). The Morgan fingerprint density at radius 1 is 1.25 bits per heavy atom. The molecule has 16 heavy (non-hydrogen) atoms.